The fourth-order valence-electron chi connectivity index (χ4n) is 3.12. The van der Waals surface area contributed by atoms with Gasteiger partial charge in [-0.3, -0.25) is 14.5 Å². The number of amides is 1. The molecule has 1 aliphatic rings. The molecule has 128 valence electrons. The normalized spacial score (nSPS) is 18.1. The van der Waals surface area contributed by atoms with Crippen LogP contribution in [0, 0.1) is 0 Å². The molecule has 0 bridgehead atoms. The van der Waals surface area contributed by atoms with E-state index in [9.17, 15) is 9.59 Å². The minimum atomic E-state index is -0.351. The molecule has 0 spiro atoms. The number of hydrogen-bond acceptors (Lipinski definition) is 5. The van der Waals surface area contributed by atoms with Gasteiger partial charge in [0.1, 0.15) is 0 Å². The summed E-state index contributed by atoms with van der Waals surface area (Å²) in [4.78, 5) is 33.5. The van der Waals surface area contributed by atoms with Crippen LogP contribution in [0.2, 0.25) is 0 Å². The van der Waals surface area contributed by atoms with E-state index < -0.39 is 0 Å². The van der Waals surface area contributed by atoms with E-state index in [0.717, 1.165) is 25.9 Å². The average molecular weight is 330 g/mol. The minimum absolute atomic E-state index is 0.0557. The number of aromatic nitrogens is 2. The maximum atomic E-state index is 12.3. The zero-order chi connectivity index (χ0) is 16.9. The topological polar surface area (TPSA) is 87.3 Å². The first kappa shape index (κ1) is 16.6. The van der Waals surface area contributed by atoms with Gasteiger partial charge in [0.15, 0.2) is 5.82 Å². The molecule has 0 saturated carbocycles. The molecular formula is C17H22N4O3. The van der Waals surface area contributed by atoms with Crippen LogP contribution >= 0.6 is 0 Å². The number of carbonyl (C=O) groups excluding carboxylic acids is 1. The van der Waals surface area contributed by atoms with Gasteiger partial charge in [-0.05, 0) is 31.5 Å². The Hall–Kier alpha value is -2.25. The molecule has 1 unspecified atom stereocenters. The zero-order valence-corrected chi connectivity index (χ0v) is 13.7. The highest BCUT2D eigenvalue weighted by atomic mass is 16.5. The van der Waals surface area contributed by atoms with Crippen molar-refractivity contribution in [1.82, 2.24) is 20.2 Å². The van der Waals surface area contributed by atoms with Gasteiger partial charge in [0.2, 0.25) is 0 Å². The van der Waals surface area contributed by atoms with Gasteiger partial charge in [0.05, 0.1) is 17.5 Å². The molecule has 0 aliphatic carbocycles. The fourth-order valence-corrected chi connectivity index (χ4v) is 3.12. The van der Waals surface area contributed by atoms with Crippen molar-refractivity contribution in [3.05, 3.63) is 40.4 Å². The lowest BCUT2D eigenvalue weighted by molar-refractivity contribution is 0.0922. The van der Waals surface area contributed by atoms with Crippen molar-refractivity contribution < 1.29 is 9.53 Å². The van der Waals surface area contributed by atoms with E-state index in [2.05, 4.69) is 20.2 Å². The van der Waals surface area contributed by atoms with Crippen LogP contribution in [0.3, 0.4) is 0 Å². The number of para-hydroxylation sites is 1. The van der Waals surface area contributed by atoms with Crippen molar-refractivity contribution in [2.24, 2.45) is 0 Å². The zero-order valence-electron chi connectivity index (χ0n) is 13.7. The Morgan fingerprint density at radius 2 is 2.29 bits per heavy atom. The minimum Gasteiger partial charge on any atom is -0.383 e. The maximum absolute atomic E-state index is 12.3. The molecule has 1 saturated heterocycles. The molecular weight excluding hydrogens is 308 g/mol. The molecule has 24 heavy (non-hydrogen) atoms. The number of methoxy groups -OCH3 is 1. The number of carbonyl (C=O) groups is 1. The molecule has 3 rings (SSSR count). The molecule has 1 aromatic carbocycles. The number of aromatic amines is 1. The Labute approximate surface area is 140 Å². The summed E-state index contributed by atoms with van der Waals surface area (Å²) in [6.07, 6.45) is 2.17. The Kier molecular flexibility index (Phi) is 5.22. The summed E-state index contributed by atoms with van der Waals surface area (Å²) in [5, 5.41) is 3.37. The van der Waals surface area contributed by atoms with Crippen LogP contribution in [-0.2, 0) is 4.74 Å². The molecule has 0 radical (unpaired) electrons. The summed E-state index contributed by atoms with van der Waals surface area (Å²) in [7, 11) is 1.69. The van der Waals surface area contributed by atoms with Crippen molar-refractivity contribution in [2.45, 2.75) is 18.9 Å². The van der Waals surface area contributed by atoms with Crippen LogP contribution in [-0.4, -0.2) is 60.2 Å². The second-order valence-corrected chi connectivity index (χ2v) is 5.97. The number of ether oxygens (including phenoxy) is 1. The van der Waals surface area contributed by atoms with E-state index in [1.54, 1.807) is 31.4 Å². The second-order valence-electron chi connectivity index (χ2n) is 5.97. The molecule has 2 heterocycles. The van der Waals surface area contributed by atoms with Crippen molar-refractivity contribution in [3.63, 3.8) is 0 Å². The first-order chi connectivity index (χ1) is 11.7. The van der Waals surface area contributed by atoms with E-state index >= 15 is 0 Å². The summed E-state index contributed by atoms with van der Waals surface area (Å²) in [5.41, 5.74) is 0.224. The van der Waals surface area contributed by atoms with Crippen LogP contribution in [0.1, 0.15) is 23.5 Å². The number of nitrogens with one attached hydrogen (secondary N) is 2. The molecule has 1 atom stereocenters. The largest absolute Gasteiger partial charge is 0.383 e. The molecule has 1 aromatic heterocycles. The second kappa shape index (κ2) is 7.55. The molecule has 1 aliphatic heterocycles. The summed E-state index contributed by atoms with van der Waals surface area (Å²) in [5.74, 6) is -0.295. The van der Waals surface area contributed by atoms with Gasteiger partial charge in [0, 0.05) is 26.2 Å². The van der Waals surface area contributed by atoms with Crippen LogP contribution in [0.5, 0.6) is 0 Å². The number of likely N-dealkylation sites (tertiary alicyclic amines) is 1. The average Bonchev–Trinajstić information content (AvgIpc) is 3.05. The third kappa shape index (κ3) is 3.63. The Balaban J connectivity index is 1.66. The van der Waals surface area contributed by atoms with E-state index in [0.29, 0.717) is 30.1 Å². The highest BCUT2D eigenvalue weighted by Crippen LogP contribution is 2.16. The Morgan fingerprint density at radius 1 is 1.46 bits per heavy atom. The van der Waals surface area contributed by atoms with Crippen molar-refractivity contribution in [1.29, 1.82) is 0 Å². The third-order valence-corrected chi connectivity index (χ3v) is 4.41. The van der Waals surface area contributed by atoms with E-state index in [-0.39, 0.29) is 17.3 Å². The van der Waals surface area contributed by atoms with Gasteiger partial charge in [0.25, 0.3) is 11.5 Å². The molecule has 2 aromatic rings. The predicted molar refractivity (Wildman–Crippen MR) is 91.2 cm³/mol. The number of hydrogen-bond donors (Lipinski definition) is 2. The lowest BCUT2D eigenvalue weighted by Gasteiger charge is -2.24. The van der Waals surface area contributed by atoms with Gasteiger partial charge in [-0.15, -0.1) is 0 Å². The Bertz CT molecular complexity index is 774. The summed E-state index contributed by atoms with van der Waals surface area (Å²) in [6.45, 7) is 3.11. The maximum Gasteiger partial charge on any atom is 0.287 e. The molecule has 7 nitrogen and oxygen atoms in total. The number of fused-ring (bicyclic) bond motifs is 1. The Morgan fingerprint density at radius 3 is 3.12 bits per heavy atom. The highest BCUT2D eigenvalue weighted by molar-refractivity contribution is 5.92. The quantitative estimate of drug-likeness (QED) is 0.817. The van der Waals surface area contributed by atoms with Gasteiger partial charge >= 0.3 is 0 Å². The van der Waals surface area contributed by atoms with E-state index in [1.807, 2.05) is 0 Å². The van der Waals surface area contributed by atoms with Crippen LogP contribution in [0.25, 0.3) is 10.9 Å². The number of benzene rings is 1. The summed E-state index contributed by atoms with van der Waals surface area (Å²) >= 11 is 0. The lowest BCUT2D eigenvalue weighted by atomic mass is 10.2. The van der Waals surface area contributed by atoms with Gasteiger partial charge in [-0.25, -0.2) is 4.98 Å². The summed E-state index contributed by atoms with van der Waals surface area (Å²) < 4.78 is 5.12. The molecule has 1 fully saturated rings. The standard InChI is InChI=1S/C17H22N4O3/c1-24-10-9-21-8-4-5-12(21)11-18-17(23)15-19-14-7-3-2-6-13(14)16(22)20-15/h2-3,6-7,12H,4-5,8-11H2,1H3,(H,18,23)(H,19,20,22). The fraction of sp³-hybridized carbons (Fsp3) is 0.471. The van der Waals surface area contributed by atoms with Crippen molar-refractivity contribution in [2.75, 3.05) is 33.4 Å². The predicted octanol–water partition coefficient (Wildman–Crippen LogP) is 0.764. The van der Waals surface area contributed by atoms with Crippen molar-refractivity contribution >= 4 is 16.8 Å². The SMILES string of the molecule is COCCN1CCCC1CNC(=O)c1nc2ccccc2c(=O)[nH]1. The molecule has 7 heteroatoms. The van der Waals surface area contributed by atoms with Crippen LogP contribution in [0.15, 0.2) is 29.1 Å². The van der Waals surface area contributed by atoms with Gasteiger partial charge < -0.3 is 15.0 Å². The molecule has 1 amide bonds. The van der Waals surface area contributed by atoms with E-state index in [4.69, 9.17) is 4.74 Å². The van der Waals surface area contributed by atoms with Crippen LogP contribution < -0.4 is 10.9 Å². The molecule has 2 N–H and O–H groups in total. The number of H-pyrrole nitrogens is 1. The monoisotopic (exact) mass is 330 g/mol. The lowest BCUT2D eigenvalue weighted by Crippen LogP contribution is -2.42. The number of nitrogens with zero attached hydrogens (tertiary/aromatic N) is 2. The van der Waals surface area contributed by atoms with Gasteiger partial charge in [-0.2, -0.15) is 0 Å². The third-order valence-electron chi connectivity index (χ3n) is 4.41. The first-order valence-electron chi connectivity index (χ1n) is 8.19. The van der Waals surface area contributed by atoms with Crippen LogP contribution in [0.4, 0.5) is 0 Å². The van der Waals surface area contributed by atoms with Gasteiger partial charge in [-0.1, -0.05) is 12.1 Å². The highest BCUT2D eigenvalue weighted by Gasteiger charge is 2.24. The number of rotatable bonds is 6. The van der Waals surface area contributed by atoms with Crippen molar-refractivity contribution in [3.8, 4) is 0 Å². The summed E-state index contributed by atoms with van der Waals surface area (Å²) in [6, 6.07) is 7.28. The first-order valence-corrected chi connectivity index (χ1v) is 8.19. The van der Waals surface area contributed by atoms with E-state index in [1.165, 1.54) is 0 Å². The smallest absolute Gasteiger partial charge is 0.287 e.